The fourth-order valence-electron chi connectivity index (χ4n) is 8.06. The number of aromatic nitrogens is 2. The van der Waals surface area contributed by atoms with E-state index >= 15 is 0 Å². The molecule has 4 aromatic carbocycles. The van der Waals surface area contributed by atoms with Crippen molar-refractivity contribution in [2.24, 2.45) is 11.8 Å². The molecule has 4 atom stereocenters. The molecule has 0 bridgehead atoms. The number of hydrogen-bond donors (Lipinski definition) is 2. The van der Waals surface area contributed by atoms with E-state index in [-0.39, 0.29) is 30.4 Å². The van der Waals surface area contributed by atoms with Gasteiger partial charge in [-0.1, -0.05) is 18.2 Å². The first-order valence-electron chi connectivity index (χ1n) is 16.9. The molecule has 1 saturated heterocycles. The van der Waals surface area contributed by atoms with Gasteiger partial charge < -0.3 is 38.7 Å². The van der Waals surface area contributed by atoms with Gasteiger partial charge in [0.25, 0.3) is 5.91 Å². The number of cyclic esters (lactones) is 1. The van der Waals surface area contributed by atoms with E-state index in [0.29, 0.717) is 50.8 Å². The lowest BCUT2D eigenvalue weighted by molar-refractivity contribution is -0.141. The Morgan fingerprint density at radius 2 is 1.58 bits per heavy atom. The maximum absolute atomic E-state index is 14.5. The van der Waals surface area contributed by atoms with Gasteiger partial charge in [0.15, 0.2) is 34.6 Å². The van der Waals surface area contributed by atoms with Crippen molar-refractivity contribution < 1.29 is 46.8 Å². The molecule has 6 aromatic rings. The molecule has 0 radical (unpaired) electrons. The highest BCUT2D eigenvalue weighted by atomic mass is 19.2. The van der Waals surface area contributed by atoms with Crippen molar-refractivity contribution in [3.05, 3.63) is 107 Å². The van der Waals surface area contributed by atoms with Crippen LogP contribution in [0.3, 0.4) is 0 Å². The van der Waals surface area contributed by atoms with E-state index in [9.17, 15) is 18.4 Å². The number of para-hydroxylation sites is 1. The third kappa shape index (κ3) is 5.09. The van der Waals surface area contributed by atoms with E-state index < -0.39 is 47.3 Å². The smallest absolute Gasteiger partial charge is 0.310 e. The van der Waals surface area contributed by atoms with Crippen LogP contribution in [0.5, 0.6) is 28.7 Å². The van der Waals surface area contributed by atoms with Crippen LogP contribution in [0.2, 0.25) is 0 Å². The Morgan fingerprint density at radius 3 is 2.30 bits per heavy atom. The predicted molar refractivity (Wildman–Crippen MR) is 188 cm³/mol. The van der Waals surface area contributed by atoms with E-state index in [2.05, 4.69) is 10.3 Å². The van der Waals surface area contributed by atoms with Gasteiger partial charge in [-0.05, 0) is 71.3 Å². The minimum Gasteiger partial charge on any atom is -0.493 e. The molecule has 0 saturated carbocycles. The zero-order chi connectivity index (χ0) is 36.5. The third-order valence-electron chi connectivity index (χ3n) is 10.4. The molecule has 9 rings (SSSR count). The van der Waals surface area contributed by atoms with Gasteiger partial charge in [0.1, 0.15) is 5.69 Å². The van der Waals surface area contributed by atoms with Crippen LogP contribution in [0.1, 0.15) is 39.1 Å². The van der Waals surface area contributed by atoms with Crippen molar-refractivity contribution in [2.45, 2.75) is 12.0 Å². The normalized spacial score (nSPS) is 19.8. The molecule has 1 fully saturated rings. The van der Waals surface area contributed by atoms with E-state index in [4.69, 9.17) is 33.4 Å². The standard InChI is InChI=1S/C40H31F2N3O8/c1-48-31-11-19(12-32(49-2)38(31)50-3)33-21-14-29-30(53-17-52-29)15-23(21)36(24-16-51-40(47)34(24)33)45-39(46)28-13-22-20-6-4-5-7-27(20)43-37(22)35(44-28)18-8-9-25(41)26(42)10-18/h4-15,24,33-34,36,43H,16-17H2,1-3H3,(H,45,46)/t24-,33+,34-,36+/m0/s1. The summed E-state index contributed by atoms with van der Waals surface area (Å²) in [7, 11) is 4.55. The summed E-state index contributed by atoms with van der Waals surface area (Å²) in [5, 5.41) is 4.66. The van der Waals surface area contributed by atoms with Crippen LogP contribution in [0.25, 0.3) is 33.1 Å². The Bertz CT molecular complexity index is 2480. The molecule has 1 aliphatic carbocycles. The van der Waals surface area contributed by atoms with Gasteiger partial charge in [-0.15, -0.1) is 0 Å². The van der Waals surface area contributed by atoms with Gasteiger partial charge in [0.05, 0.1) is 51.1 Å². The Hall–Kier alpha value is -6.37. The van der Waals surface area contributed by atoms with Gasteiger partial charge in [-0.2, -0.15) is 0 Å². The first-order valence-corrected chi connectivity index (χ1v) is 16.9. The maximum Gasteiger partial charge on any atom is 0.310 e. The van der Waals surface area contributed by atoms with E-state index in [1.165, 1.54) is 27.4 Å². The van der Waals surface area contributed by atoms with Gasteiger partial charge >= 0.3 is 5.97 Å². The SMILES string of the molecule is COc1cc([C@@H]2c3cc4c(cc3[C@@H](NC(=O)c3cc5c([nH]c6ccccc65)c(-c5ccc(F)c(F)c5)n3)[C@H]3COC(=O)[C@H]23)OCO4)cc(OC)c1OC. The van der Waals surface area contributed by atoms with Crippen molar-refractivity contribution in [3.63, 3.8) is 0 Å². The molecule has 0 unspecified atom stereocenters. The summed E-state index contributed by atoms with van der Waals surface area (Å²) < 4.78 is 62.7. The summed E-state index contributed by atoms with van der Waals surface area (Å²) in [5.74, 6) is -2.57. The summed E-state index contributed by atoms with van der Waals surface area (Å²) in [4.78, 5) is 36.2. The fourth-order valence-corrected chi connectivity index (χ4v) is 8.06. The number of hydrogen-bond acceptors (Lipinski definition) is 9. The summed E-state index contributed by atoms with van der Waals surface area (Å²) >= 11 is 0. The Balaban J connectivity index is 1.19. The molecule has 53 heavy (non-hydrogen) atoms. The number of esters is 1. The second-order valence-electron chi connectivity index (χ2n) is 13.1. The lowest BCUT2D eigenvalue weighted by Crippen LogP contribution is -2.43. The number of ether oxygens (including phenoxy) is 6. The largest absolute Gasteiger partial charge is 0.493 e. The summed E-state index contributed by atoms with van der Waals surface area (Å²) in [5.41, 5.74) is 4.08. The maximum atomic E-state index is 14.5. The average Bonchev–Trinajstić information content (AvgIpc) is 3.91. The quantitative estimate of drug-likeness (QED) is 0.171. The molecule has 11 nitrogen and oxygen atoms in total. The minimum atomic E-state index is -1.04. The van der Waals surface area contributed by atoms with Crippen LogP contribution in [0, 0.1) is 23.5 Å². The van der Waals surface area contributed by atoms with Crippen molar-refractivity contribution >= 4 is 33.7 Å². The van der Waals surface area contributed by atoms with Crippen LogP contribution >= 0.6 is 0 Å². The first kappa shape index (κ1) is 32.5. The summed E-state index contributed by atoms with van der Waals surface area (Å²) in [6.45, 7) is 0.0541. The van der Waals surface area contributed by atoms with Crippen LogP contribution in [0.15, 0.2) is 72.8 Å². The highest BCUT2D eigenvalue weighted by Crippen LogP contribution is 2.55. The Labute approximate surface area is 300 Å². The number of amides is 1. The van der Waals surface area contributed by atoms with Crippen LogP contribution < -0.4 is 29.0 Å². The second-order valence-corrected chi connectivity index (χ2v) is 13.1. The number of methoxy groups -OCH3 is 3. The number of fused-ring (bicyclic) bond motifs is 6. The number of carbonyl (C=O) groups excluding carboxylic acids is 2. The first-order chi connectivity index (χ1) is 25.8. The highest BCUT2D eigenvalue weighted by molar-refractivity contribution is 6.13. The number of rotatable bonds is 7. The van der Waals surface area contributed by atoms with Gasteiger partial charge in [-0.3, -0.25) is 9.59 Å². The van der Waals surface area contributed by atoms with Crippen molar-refractivity contribution in [3.8, 4) is 40.0 Å². The molecule has 4 heterocycles. The number of halogens is 2. The van der Waals surface area contributed by atoms with Gasteiger partial charge in [-0.25, -0.2) is 13.8 Å². The average molecular weight is 720 g/mol. The highest BCUT2D eigenvalue weighted by Gasteiger charge is 2.53. The van der Waals surface area contributed by atoms with Crippen molar-refractivity contribution in [1.29, 1.82) is 0 Å². The number of pyridine rings is 1. The topological polar surface area (TPSA) is 130 Å². The third-order valence-corrected chi connectivity index (χ3v) is 10.4. The van der Waals surface area contributed by atoms with E-state index in [0.717, 1.165) is 28.6 Å². The Kier molecular flexibility index (Phi) is 7.61. The van der Waals surface area contributed by atoms with Crippen molar-refractivity contribution in [2.75, 3.05) is 34.7 Å². The molecular weight excluding hydrogens is 688 g/mol. The molecule has 2 N–H and O–H groups in total. The molecule has 3 aliphatic rings. The van der Waals surface area contributed by atoms with Crippen molar-refractivity contribution in [1.82, 2.24) is 15.3 Å². The molecule has 13 heteroatoms. The van der Waals surface area contributed by atoms with E-state index in [1.807, 2.05) is 48.5 Å². The molecule has 0 spiro atoms. The second kappa shape index (κ2) is 12.4. The van der Waals surface area contributed by atoms with Crippen LogP contribution in [-0.2, 0) is 9.53 Å². The molecule has 268 valence electrons. The monoisotopic (exact) mass is 719 g/mol. The molecule has 2 aromatic heterocycles. The number of nitrogens with zero attached hydrogens (tertiary/aromatic N) is 1. The minimum absolute atomic E-state index is 0.0142. The summed E-state index contributed by atoms with van der Waals surface area (Å²) in [6.07, 6.45) is 0. The predicted octanol–water partition coefficient (Wildman–Crippen LogP) is 6.82. The molecule has 1 amide bonds. The molecule has 2 aliphatic heterocycles. The zero-order valence-electron chi connectivity index (χ0n) is 28.6. The number of aromatic amines is 1. The van der Waals surface area contributed by atoms with Crippen LogP contribution in [-0.4, -0.2) is 56.6 Å². The van der Waals surface area contributed by atoms with E-state index in [1.54, 1.807) is 6.07 Å². The number of benzene rings is 4. The van der Waals surface area contributed by atoms with Gasteiger partial charge in [0, 0.05) is 33.7 Å². The molecular formula is C40H31F2N3O8. The Morgan fingerprint density at radius 1 is 0.849 bits per heavy atom. The lowest BCUT2D eigenvalue weighted by atomic mass is 9.65. The number of nitrogens with one attached hydrogen (secondary N) is 2. The number of carbonyl (C=O) groups is 2. The summed E-state index contributed by atoms with van der Waals surface area (Å²) in [6, 6.07) is 19.3. The van der Waals surface area contributed by atoms with Crippen LogP contribution in [0.4, 0.5) is 8.78 Å². The number of H-pyrrole nitrogens is 1. The lowest BCUT2D eigenvalue weighted by Gasteiger charge is -2.39. The van der Waals surface area contributed by atoms with Gasteiger partial charge in [0.2, 0.25) is 12.5 Å². The zero-order valence-corrected chi connectivity index (χ0v) is 28.6. The fraction of sp³-hybridized carbons (Fsp3) is 0.225.